The maximum atomic E-state index is 12.8. The molecule has 0 bridgehead atoms. The van der Waals surface area contributed by atoms with Crippen molar-refractivity contribution in [2.75, 3.05) is 6.61 Å². The van der Waals surface area contributed by atoms with Gasteiger partial charge in [0.25, 0.3) is 0 Å². The van der Waals surface area contributed by atoms with Gasteiger partial charge in [0.15, 0.2) is 0 Å². The SMILES string of the molecule is CC(C)(C)OC(=O)N[C@H]1COCc2cc([B-](F)(F)F)ccc21. The number of amides is 1. The summed E-state index contributed by atoms with van der Waals surface area (Å²) >= 11 is 0. The highest BCUT2D eigenvalue weighted by atomic mass is 19.4. The molecular weight excluding hydrogens is 298 g/mol. The van der Waals surface area contributed by atoms with Crippen molar-refractivity contribution in [1.82, 2.24) is 5.32 Å². The van der Waals surface area contributed by atoms with Crippen molar-refractivity contribution in [3.8, 4) is 0 Å². The number of rotatable bonds is 2. The lowest BCUT2D eigenvalue weighted by molar-refractivity contribution is 0.0390. The summed E-state index contributed by atoms with van der Waals surface area (Å²) in [6.07, 6.45) is -0.627. The highest BCUT2D eigenvalue weighted by Crippen LogP contribution is 2.25. The van der Waals surface area contributed by atoms with Gasteiger partial charge in [0.2, 0.25) is 0 Å². The van der Waals surface area contributed by atoms with Gasteiger partial charge in [-0.05, 0) is 31.9 Å². The minimum Gasteiger partial charge on any atom is -0.445 e. The molecule has 1 aromatic carbocycles. The number of hydrogen-bond acceptors (Lipinski definition) is 3. The van der Waals surface area contributed by atoms with E-state index in [4.69, 9.17) is 9.47 Å². The first-order valence-electron chi connectivity index (χ1n) is 6.96. The van der Waals surface area contributed by atoms with E-state index in [1.165, 1.54) is 6.07 Å². The summed E-state index contributed by atoms with van der Waals surface area (Å²) in [4.78, 5) is 11.8. The molecule has 1 heterocycles. The highest BCUT2D eigenvalue weighted by molar-refractivity contribution is 6.73. The molecule has 4 nitrogen and oxygen atoms in total. The monoisotopic (exact) mass is 316 g/mol. The topological polar surface area (TPSA) is 47.6 Å². The highest BCUT2D eigenvalue weighted by Gasteiger charge is 2.29. The van der Waals surface area contributed by atoms with Gasteiger partial charge in [-0.25, -0.2) is 4.79 Å². The minimum absolute atomic E-state index is 0.0990. The van der Waals surface area contributed by atoms with Crippen LogP contribution in [0.2, 0.25) is 0 Å². The molecule has 0 saturated heterocycles. The summed E-state index contributed by atoms with van der Waals surface area (Å²) in [7, 11) is 0. The van der Waals surface area contributed by atoms with Crippen molar-refractivity contribution < 1.29 is 27.2 Å². The summed E-state index contributed by atoms with van der Waals surface area (Å²) < 4.78 is 48.8. The first-order chi connectivity index (χ1) is 10.1. The molecule has 0 unspecified atom stereocenters. The van der Waals surface area contributed by atoms with Crippen molar-refractivity contribution in [2.45, 2.75) is 39.0 Å². The van der Waals surface area contributed by atoms with Crippen LogP contribution in [-0.4, -0.2) is 25.3 Å². The third kappa shape index (κ3) is 4.16. The smallest absolute Gasteiger partial charge is 0.445 e. The Labute approximate surface area is 127 Å². The van der Waals surface area contributed by atoms with Crippen LogP contribution in [0.3, 0.4) is 0 Å². The fourth-order valence-electron chi connectivity index (χ4n) is 2.24. The van der Waals surface area contributed by atoms with Crippen LogP contribution in [0.1, 0.15) is 37.9 Å². The minimum atomic E-state index is -5.05. The molecule has 0 aromatic heterocycles. The van der Waals surface area contributed by atoms with E-state index in [-0.39, 0.29) is 13.2 Å². The largest absolute Gasteiger partial charge is 0.509 e. The van der Waals surface area contributed by atoms with E-state index in [2.05, 4.69) is 5.32 Å². The number of benzene rings is 1. The normalized spacial score (nSPS) is 18.5. The van der Waals surface area contributed by atoms with E-state index >= 15 is 0 Å². The van der Waals surface area contributed by atoms with E-state index in [1.807, 2.05) is 0 Å². The van der Waals surface area contributed by atoms with Crippen molar-refractivity contribution in [2.24, 2.45) is 0 Å². The Morgan fingerprint density at radius 1 is 1.36 bits per heavy atom. The first-order valence-corrected chi connectivity index (χ1v) is 6.96. The summed E-state index contributed by atoms with van der Waals surface area (Å²) in [6.45, 7) is 0.440. The van der Waals surface area contributed by atoms with Gasteiger partial charge in [0.1, 0.15) is 5.60 Å². The van der Waals surface area contributed by atoms with Crippen LogP contribution < -0.4 is 10.8 Å². The second-order valence-electron chi connectivity index (χ2n) is 6.25. The number of fused-ring (bicyclic) bond motifs is 1. The molecule has 1 N–H and O–H groups in total. The maximum Gasteiger partial charge on any atom is 0.509 e. The lowest BCUT2D eigenvalue weighted by Gasteiger charge is -2.29. The Morgan fingerprint density at radius 2 is 2.05 bits per heavy atom. The Balaban J connectivity index is 2.17. The molecule has 1 amide bonds. The van der Waals surface area contributed by atoms with Crippen LogP contribution >= 0.6 is 0 Å². The summed E-state index contributed by atoms with van der Waals surface area (Å²) in [5.74, 6) is 0. The lowest BCUT2D eigenvalue weighted by Crippen LogP contribution is -2.39. The number of carbonyl (C=O) groups is 1. The number of halogens is 3. The molecular formula is C14H18BF3NO3-. The molecule has 8 heteroatoms. The van der Waals surface area contributed by atoms with Crippen LogP contribution in [0.25, 0.3) is 0 Å². The van der Waals surface area contributed by atoms with Gasteiger partial charge in [-0.3, -0.25) is 0 Å². The van der Waals surface area contributed by atoms with Gasteiger partial charge in [-0.15, -0.1) is 5.46 Å². The fraction of sp³-hybridized carbons (Fsp3) is 0.500. The van der Waals surface area contributed by atoms with E-state index in [1.54, 1.807) is 20.8 Å². The fourth-order valence-corrected chi connectivity index (χ4v) is 2.24. The Morgan fingerprint density at radius 3 is 2.64 bits per heavy atom. The average Bonchev–Trinajstić information content (AvgIpc) is 2.35. The van der Waals surface area contributed by atoms with E-state index in [9.17, 15) is 17.7 Å². The van der Waals surface area contributed by atoms with Gasteiger partial charge >= 0.3 is 13.1 Å². The van der Waals surface area contributed by atoms with E-state index < -0.39 is 30.2 Å². The van der Waals surface area contributed by atoms with E-state index in [0.29, 0.717) is 11.1 Å². The summed E-state index contributed by atoms with van der Waals surface area (Å²) in [5.41, 5.74) is -0.254. The Bertz CT molecular complexity index is 569. The molecule has 1 aliphatic heterocycles. The summed E-state index contributed by atoms with van der Waals surface area (Å²) in [6, 6.07) is 2.99. The molecule has 2 rings (SSSR count). The number of alkyl carbamates (subject to hydrolysis) is 1. The van der Waals surface area contributed by atoms with Gasteiger partial charge < -0.3 is 27.7 Å². The van der Waals surface area contributed by atoms with Gasteiger partial charge in [-0.1, -0.05) is 18.2 Å². The first kappa shape index (κ1) is 16.7. The van der Waals surface area contributed by atoms with Gasteiger partial charge in [-0.2, -0.15) is 0 Å². The van der Waals surface area contributed by atoms with Crippen LogP contribution in [0.4, 0.5) is 17.7 Å². The van der Waals surface area contributed by atoms with Gasteiger partial charge in [0.05, 0.1) is 19.3 Å². The van der Waals surface area contributed by atoms with Crippen LogP contribution in [0.15, 0.2) is 18.2 Å². The van der Waals surface area contributed by atoms with Gasteiger partial charge in [0, 0.05) is 0 Å². The Hall–Kier alpha value is -1.70. The number of hydrogen-bond donors (Lipinski definition) is 1. The number of nitrogens with one attached hydrogen (secondary N) is 1. The average molecular weight is 316 g/mol. The van der Waals surface area contributed by atoms with Crippen molar-refractivity contribution in [3.63, 3.8) is 0 Å². The zero-order valence-corrected chi connectivity index (χ0v) is 12.7. The quantitative estimate of drug-likeness (QED) is 0.854. The third-order valence-electron chi connectivity index (χ3n) is 3.15. The molecule has 0 aliphatic carbocycles. The molecule has 0 saturated carbocycles. The predicted molar refractivity (Wildman–Crippen MR) is 76.9 cm³/mol. The molecule has 0 spiro atoms. The summed E-state index contributed by atoms with van der Waals surface area (Å²) in [5, 5.41) is 2.63. The number of carbonyl (C=O) groups excluding carboxylic acids is 1. The van der Waals surface area contributed by atoms with Crippen LogP contribution in [0, 0.1) is 0 Å². The second kappa shape index (κ2) is 5.83. The van der Waals surface area contributed by atoms with Crippen LogP contribution in [-0.2, 0) is 16.1 Å². The molecule has 122 valence electrons. The second-order valence-corrected chi connectivity index (χ2v) is 6.25. The zero-order chi connectivity index (χ0) is 16.5. The Kier molecular flexibility index (Phi) is 4.42. The molecule has 0 fully saturated rings. The molecule has 1 atom stereocenters. The van der Waals surface area contributed by atoms with Crippen LogP contribution in [0.5, 0.6) is 0 Å². The van der Waals surface area contributed by atoms with E-state index in [0.717, 1.165) is 12.1 Å². The third-order valence-corrected chi connectivity index (χ3v) is 3.15. The lowest BCUT2D eigenvalue weighted by atomic mass is 9.78. The molecule has 1 aliphatic rings. The molecule has 22 heavy (non-hydrogen) atoms. The predicted octanol–water partition coefficient (Wildman–Crippen LogP) is 2.84. The number of ether oxygens (including phenoxy) is 2. The van der Waals surface area contributed by atoms with Crippen molar-refractivity contribution in [1.29, 1.82) is 0 Å². The zero-order valence-electron chi connectivity index (χ0n) is 12.7. The maximum absolute atomic E-state index is 12.8. The molecule has 0 radical (unpaired) electrons. The standard InChI is InChI=1S/C14H18BF3NO3/c1-14(2,3)22-13(20)19-12-8-21-7-9-6-10(15(16,17)18)4-5-11(9)12/h4-6,12H,7-8H2,1-3H3,(H,19,20)/q-1/t12-/m0/s1. The molecule has 1 aromatic rings. The van der Waals surface area contributed by atoms with Crippen molar-refractivity contribution in [3.05, 3.63) is 29.3 Å². The van der Waals surface area contributed by atoms with Crippen molar-refractivity contribution >= 4 is 18.5 Å².